The first-order chi connectivity index (χ1) is 9.30. The molecule has 0 bridgehead atoms. The third kappa shape index (κ3) is 2.82. The van der Waals surface area contributed by atoms with E-state index in [2.05, 4.69) is 0 Å². The van der Waals surface area contributed by atoms with Gasteiger partial charge in [0.2, 0.25) is 0 Å². The Hall–Kier alpha value is -1.90. The molecule has 0 amide bonds. The van der Waals surface area contributed by atoms with Crippen molar-refractivity contribution in [1.82, 2.24) is 0 Å². The van der Waals surface area contributed by atoms with E-state index in [1.807, 2.05) is 39.0 Å². The average Bonchev–Trinajstić information content (AvgIpc) is 2.36. The Bertz CT molecular complexity index is 702. The second-order valence-corrected chi connectivity index (χ2v) is 6.19. The molecule has 106 valence electrons. The van der Waals surface area contributed by atoms with Gasteiger partial charge in [-0.05, 0) is 30.4 Å². The monoisotopic (exact) mass is 272 g/mol. The van der Waals surface area contributed by atoms with Gasteiger partial charge in [0.05, 0.1) is 5.39 Å². The largest absolute Gasteiger partial charge is 0.427 e. The van der Waals surface area contributed by atoms with Gasteiger partial charge in [-0.25, -0.2) is 4.79 Å². The summed E-state index contributed by atoms with van der Waals surface area (Å²) in [6.07, 6.45) is 1.06. The zero-order chi connectivity index (χ0) is 14.9. The number of fused-ring (bicyclic) bond motifs is 1. The number of carbonyl (C=O) groups is 1. The average molecular weight is 272 g/mol. The topological polar surface area (TPSA) is 47.3 Å². The zero-order valence-electron chi connectivity index (χ0n) is 12.4. The summed E-state index contributed by atoms with van der Waals surface area (Å²) in [7, 11) is 0. The number of hydrogen-bond donors (Lipinski definition) is 0. The molecule has 0 spiro atoms. The number of aryl methyl sites for hydroxylation is 1. The van der Waals surface area contributed by atoms with Crippen molar-refractivity contribution in [3.05, 3.63) is 46.0 Å². The van der Waals surface area contributed by atoms with Crippen LogP contribution < -0.4 is 5.63 Å². The van der Waals surface area contributed by atoms with Gasteiger partial charge < -0.3 is 9.21 Å². The molecule has 0 aliphatic rings. The molecule has 1 heterocycles. The fourth-order valence-electron chi connectivity index (χ4n) is 2.41. The van der Waals surface area contributed by atoms with Gasteiger partial charge in [-0.1, -0.05) is 39.0 Å². The summed E-state index contributed by atoms with van der Waals surface area (Å²) in [6, 6.07) is 7.43. The minimum Gasteiger partial charge on any atom is -0.427 e. The summed E-state index contributed by atoms with van der Waals surface area (Å²) in [6.45, 7) is 7.62. The summed E-state index contributed by atoms with van der Waals surface area (Å²) in [4.78, 5) is 23.4. The van der Waals surface area contributed by atoms with Crippen LogP contribution in [0.2, 0.25) is 0 Å². The standard InChI is InChI=1S/C17H20O3/c1-11(18)9-10-13-12-7-5-6-8-14(12)16(19)20-15(13)17(2,3)4/h5-8H,9-10H2,1-4H3. The van der Waals surface area contributed by atoms with E-state index in [1.54, 1.807) is 13.0 Å². The van der Waals surface area contributed by atoms with Gasteiger partial charge in [0.15, 0.2) is 0 Å². The maximum atomic E-state index is 12.1. The second kappa shape index (κ2) is 5.23. The van der Waals surface area contributed by atoms with Crippen molar-refractivity contribution in [2.24, 2.45) is 0 Å². The van der Waals surface area contributed by atoms with Crippen molar-refractivity contribution in [3.63, 3.8) is 0 Å². The van der Waals surface area contributed by atoms with Gasteiger partial charge in [0.25, 0.3) is 0 Å². The Morgan fingerprint density at radius 1 is 1.15 bits per heavy atom. The molecule has 2 aromatic rings. The molecule has 0 aliphatic heterocycles. The predicted octanol–water partition coefficient (Wildman–Crippen LogP) is 3.61. The third-order valence-electron chi connectivity index (χ3n) is 3.35. The number of rotatable bonds is 3. The maximum absolute atomic E-state index is 12.1. The molecule has 0 saturated carbocycles. The highest BCUT2D eigenvalue weighted by atomic mass is 16.4. The SMILES string of the molecule is CC(=O)CCc1c(C(C)(C)C)oc(=O)c2ccccc12. The molecule has 20 heavy (non-hydrogen) atoms. The van der Waals surface area contributed by atoms with Crippen LogP contribution in [0.5, 0.6) is 0 Å². The maximum Gasteiger partial charge on any atom is 0.343 e. The number of benzene rings is 1. The molecule has 3 nitrogen and oxygen atoms in total. The number of Topliss-reactive ketones (excluding diaryl/α,β-unsaturated/α-hetero) is 1. The highest BCUT2D eigenvalue weighted by molar-refractivity contribution is 5.86. The van der Waals surface area contributed by atoms with Gasteiger partial charge in [-0.15, -0.1) is 0 Å². The highest BCUT2D eigenvalue weighted by Crippen LogP contribution is 2.30. The lowest BCUT2D eigenvalue weighted by Crippen LogP contribution is -2.19. The lowest BCUT2D eigenvalue weighted by atomic mass is 9.86. The molecule has 0 unspecified atom stereocenters. The van der Waals surface area contributed by atoms with Crippen LogP contribution >= 0.6 is 0 Å². The fraction of sp³-hybridized carbons (Fsp3) is 0.412. The molecule has 2 rings (SSSR count). The molecule has 0 saturated heterocycles. The van der Waals surface area contributed by atoms with E-state index >= 15 is 0 Å². The predicted molar refractivity (Wildman–Crippen MR) is 80.2 cm³/mol. The van der Waals surface area contributed by atoms with E-state index in [4.69, 9.17) is 4.42 Å². The number of hydrogen-bond acceptors (Lipinski definition) is 3. The third-order valence-corrected chi connectivity index (χ3v) is 3.35. The number of carbonyl (C=O) groups excluding carboxylic acids is 1. The first-order valence-electron chi connectivity index (χ1n) is 6.85. The smallest absolute Gasteiger partial charge is 0.343 e. The summed E-state index contributed by atoms with van der Waals surface area (Å²) in [5.74, 6) is 0.822. The highest BCUT2D eigenvalue weighted by Gasteiger charge is 2.24. The molecule has 0 fully saturated rings. The van der Waals surface area contributed by atoms with E-state index < -0.39 is 0 Å². The Kier molecular flexibility index (Phi) is 3.80. The zero-order valence-corrected chi connectivity index (χ0v) is 12.4. The van der Waals surface area contributed by atoms with E-state index in [-0.39, 0.29) is 16.8 Å². The number of ketones is 1. The van der Waals surface area contributed by atoms with E-state index in [0.717, 1.165) is 10.9 Å². The van der Waals surface area contributed by atoms with Crippen LogP contribution in [0.4, 0.5) is 0 Å². The van der Waals surface area contributed by atoms with Crippen LogP contribution in [0, 0.1) is 0 Å². The lowest BCUT2D eigenvalue weighted by Gasteiger charge is -2.21. The molecule has 0 N–H and O–H groups in total. The van der Waals surface area contributed by atoms with Gasteiger partial charge in [0, 0.05) is 11.8 Å². The van der Waals surface area contributed by atoms with Crippen molar-refractivity contribution in [2.75, 3.05) is 0 Å². The summed E-state index contributed by atoms with van der Waals surface area (Å²) < 4.78 is 5.55. The summed E-state index contributed by atoms with van der Waals surface area (Å²) in [5.41, 5.74) is 0.398. The molecule has 1 aromatic heterocycles. The molecule has 1 aromatic carbocycles. The fourth-order valence-corrected chi connectivity index (χ4v) is 2.41. The molecular weight excluding hydrogens is 252 g/mol. The molecular formula is C17H20O3. The van der Waals surface area contributed by atoms with Crippen LogP contribution in [-0.2, 0) is 16.6 Å². The van der Waals surface area contributed by atoms with Crippen molar-refractivity contribution in [3.8, 4) is 0 Å². The van der Waals surface area contributed by atoms with Gasteiger partial charge in [-0.2, -0.15) is 0 Å². The van der Waals surface area contributed by atoms with Crippen molar-refractivity contribution >= 4 is 16.6 Å². The minimum absolute atomic E-state index is 0.139. The molecule has 0 radical (unpaired) electrons. The quantitative estimate of drug-likeness (QED) is 0.857. The van der Waals surface area contributed by atoms with Crippen LogP contribution in [-0.4, -0.2) is 5.78 Å². The Balaban J connectivity index is 2.74. The summed E-state index contributed by atoms with van der Waals surface area (Å²) in [5, 5.41) is 1.48. The van der Waals surface area contributed by atoms with Crippen LogP contribution in [0.3, 0.4) is 0 Å². The van der Waals surface area contributed by atoms with Gasteiger partial charge in [0.1, 0.15) is 11.5 Å². The molecule has 3 heteroatoms. The Morgan fingerprint density at radius 3 is 2.30 bits per heavy atom. The summed E-state index contributed by atoms with van der Waals surface area (Å²) >= 11 is 0. The first-order valence-corrected chi connectivity index (χ1v) is 6.85. The normalized spacial score (nSPS) is 11.8. The second-order valence-electron chi connectivity index (χ2n) is 6.19. The molecule has 0 aliphatic carbocycles. The van der Waals surface area contributed by atoms with E-state index in [1.165, 1.54) is 0 Å². The first kappa shape index (κ1) is 14.5. The van der Waals surface area contributed by atoms with Crippen molar-refractivity contribution < 1.29 is 9.21 Å². The van der Waals surface area contributed by atoms with Gasteiger partial charge >= 0.3 is 5.63 Å². The van der Waals surface area contributed by atoms with Gasteiger partial charge in [-0.3, -0.25) is 0 Å². The van der Waals surface area contributed by atoms with E-state index in [9.17, 15) is 9.59 Å². The van der Waals surface area contributed by atoms with Crippen molar-refractivity contribution in [1.29, 1.82) is 0 Å². The van der Waals surface area contributed by atoms with Crippen LogP contribution in [0.25, 0.3) is 10.8 Å². The lowest BCUT2D eigenvalue weighted by molar-refractivity contribution is -0.116. The Labute approximate surface area is 118 Å². The van der Waals surface area contributed by atoms with E-state index in [0.29, 0.717) is 24.0 Å². The Morgan fingerprint density at radius 2 is 1.75 bits per heavy atom. The molecule has 0 atom stereocenters. The van der Waals surface area contributed by atoms with Crippen LogP contribution in [0.1, 0.15) is 45.4 Å². The minimum atomic E-state index is -0.308. The van der Waals surface area contributed by atoms with Crippen molar-refractivity contribution in [2.45, 2.75) is 46.0 Å². The van der Waals surface area contributed by atoms with Crippen LogP contribution in [0.15, 0.2) is 33.5 Å².